The van der Waals surface area contributed by atoms with Gasteiger partial charge in [0.15, 0.2) is 12.2 Å². The van der Waals surface area contributed by atoms with Crippen LogP contribution in [0.4, 0.5) is 0 Å². The third-order valence-corrected chi connectivity index (χ3v) is 18.9. The predicted octanol–water partition coefficient (Wildman–Crippen LogP) is 21.2. The average Bonchev–Trinajstić information content (AvgIpc) is 2.67. The topological polar surface area (TPSA) is 237 Å². The van der Waals surface area contributed by atoms with Gasteiger partial charge in [0, 0.05) is 25.7 Å². The Balaban J connectivity index is 5.21. The molecule has 0 saturated heterocycles. The van der Waals surface area contributed by atoms with Crippen molar-refractivity contribution >= 4 is 39.5 Å². The van der Waals surface area contributed by atoms with Crippen LogP contribution in [0.1, 0.15) is 375 Å². The van der Waals surface area contributed by atoms with Crippen molar-refractivity contribution in [3.8, 4) is 0 Å². The van der Waals surface area contributed by atoms with Crippen molar-refractivity contribution in [3.63, 3.8) is 0 Å². The quantitative estimate of drug-likeness (QED) is 0.0222. The van der Waals surface area contributed by atoms with E-state index in [0.717, 1.165) is 102 Å². The molecule has 92 heavy (non-hydrogen) atoms. The van der Waals surface area contributed by atoms with Crippen molar-refractivity contribution in [1.82, 2.24) is 0 Å². The molecule has 546 valence electrons. The van der Waals surface area contributed by atoms with Crippen LogP contribution in [0.15, 0.2) is 0 Å². The Hall–Kier alpha value is -1.94. The number of rotatable bonds is 72. The van der Waals surface area contributed by atoms with E-state index in [1.165, 1.54) is 193 Å². The van der Waals surface area contributed by atoms with E-state index >= 15 is 0 Å². The van der Waals surface area contributed by atoms with Gasteiger partial charge in [0.2, 0.25) is 0 Å². The van der Waals surface area contributed by atoms with E-state index in [9.17, 15) is 43.2 Å². The van der Waals surface area contributed by atoms with E-state index in [1.807, 2.05) is 0 Å². The molecule has 0 amide bonds. The first-order chi connectivity index (χ1) is 44.4. The first-order valence-electron chi connectivity index (χ1n) is 38.0. The van der Waals surface area contributed by atoms with Gasteiger partial charge in [0.1, 0.15) is 19.3 Å². The molecule has 0 aromatic carbocycles. The molecular formula is C73H142O17P2. The average molecular weight is 1350 g/mol. The molecule has 2 unspecified atom stereocenters. The molecule has 0 spiro atoms. The molecule has 0 aliphatic rings. The van der Waals surface area contributed by atoms with Gasteiger partial charge in [-0.2, -0.15) is 0 Å². The summed E-state index contributed by atoms with van der Waals surface area (Å²) in [5.74, 6) is -0.642. The molecule has 0 aliphatic heterocycles. The van der Waals surface area contributed by atoms with Crippen molar-refractivity contribution in [2.75, 3.05) is 39.6 Å². The lowest BCUT2D eigenvalue weighted by Crippen LogP contribution is -2.30. The second kappa shape index (κ2) is 65.0. The van der Waals surface area contributed by atoms with Crippen molar-refractivity contribution in [1.29, 1.82) is 0 Å². The van der Waals surface area contributed by atoms with Gasteiger partial charge in [-0.05, 0) is 37.5 Å². The zero-order valence-corrected chi connectivity index (χ0v) is 61.6. The van der Waals surface area contributed by atoms with Crippen LogP contribution in [-0.2, 0) is 65.4 Å². The number of carbonyl (C=O) groups is 4. The molecule has 0 bridgehead atoms. The summed E-state index contributed by atoms with van der Waals surface area (Å²) in [5.41, 5.74) is 0. The summed E-state index contributed by atoms with van der Waals surface area (Å²) < 4.78 is 68.4. The summed E-state index contributed by atoms with van der Waals surface area (Å²) in [4.78, 5) is 72.6. The molecule has 5 atom stereocenters. The predicted molar refractivity (Wildman–Crippen MR) is 372 cm³/mol. The Morgan fingerprint density at radius 2 is 0.500 bits per heavy atom. The number of aliphatic hydroxyl groups is 1. The van der Waals surface area contributed by atoms with Gasteiger partial charge in [-0.15, -0.1) is 0 Å². The summed E-state index contributed by atoms with van der Waals surface area (Å²) in [6, 6.07) is 0. The van der Waals surface area contributed by atoms with Crippen LogP contribution in [-0.4, -0.2) is 96.7 Å². The summed E-state index contributed by atoms with van der Waals surface area (Å²) in [7, 11) is -9.90. The Morgan fingerprint density at radius 3 is 0.739 bits per heavy atom. The fourth-order valence-electron chi connectivity index (χ4n) is 11.1. The zero-order valence-electron chi connectivity index (χ0n) is 59.9. The third kappa shape index (κ3) is 66.7. The van der Waals surface area contributed by atoms with E-state index in [4.69, 9.17) is 37.0 Å². The first-order valence-corrected chi connectivity index (χ1v) is 41.0. The number of phosphoric acid groups is 2. The normalized spacial score (nSPS) is 14.1. The summed E-state index contributed by atoms with van der Waals surface area (Å²) in [6.07, 6.45) is 51.4. The third-order valence-electron chi connectivity index (χ3n) is 17.0. The molecule has 3 N–H and O–H groups in total. The number of hydrogen-bond acceptors (Lipinski definition) is 15. The molecule has 0 rings (SSSR count). The maximum atomic E-state index is 13.0. The summed E-state index contributed by atoms with van der Waals surface area (Å²) in [5, 5.41) is 10.6. The van der Waals surface area contributed by atoms with Gasteiger partial charge in [0.25, 0.3) is 0 Å². The largest absolute Gasteiger partial charge is 0.472 e. The van der Waals surface area contributed by atoms with Gasteiger partial charge >= 0.3 is 39.5 Å². The number of esters is 4. The van der Waals surface area contributed by atoms with Crippen molar-refractivity contribution in [2.45, 2.75) is 394 Å². The highest BCUT2D eigenvalue weighted by Gasteiger charge is 2.30. The van der Waals surface area contributed by atoms with Crippen LogP contribution >= 0.6 is 15.6 Å². The van der Waals surface area contributed by atoms with E-state index in [2.05, 4.69) is 41.5 Å². The Bertz CT molecular complexity index is 1790. The fraction of sp³-hybridized carbons (Fsp3) is 0.945. The van der Waals surface area contributed by atoms with E-state index in [1.54, 1.807) is 0 Å². The van der Waals surface area contributed by atoms with Crippen LogP contribution in [0.3, 0.4) is 0 Å². The SMILES string of the molecule is CCCCCCCCCCCCCCCCCCCCCC(=O)O[C@H](COC(=O)CCCCCCCCCCCC(C)C)COP(=O)(O)OC[C@@H](O)COP(=O)(O)OC[C@@H](COC(=O)CCCCCCCCCCC)OC(=O)CCCCCCCCCCCC(C)C. The van der Waals surface area contributed by atoms with Crippen molar-refractivity contribution in [3.05, 3.63) is 0 Å². The standard InChI is InChI=1S/C73H142O17P2/c1-7-9-11-13-15-17-18-19-20-21-22-23-24-25-26-32-39-45-51-57-72(77)89-69(62-84-71(76)56-50-44-38-33-27-30-35-41-47-53-65(3)4)64-88-92(81,82)86-60-67(74)59-85-91(79,80)87-63-68(61-83-70(75)55-49-43-37-29-16-14-12-10-8-2)90-73(78)58-52-46-40-34-28-31-36-42-48-54-66(5)6/h65-69,74H,7-64H2,1-6H3,(H,79,80)(H,81,82)/t67-,68+,69+/m0/s1. The Labute approximate surface area is 562 Å². The van der Waals surface area contributed by atoms with Gasteiger partial charge < -0.3 is 33.8 Å². The number of carbonyl (C=O) groups excluding carboxylic acids is 4. The fourth-order valence-corrected chi connectivity index (χ4v) is 12.7. The molecule has 0 fully saturated rings. The van der Waals surface area contributed by atoms with E-state index < -0.39 is 97.5 Å². The second-order valence-electron chi connectivity index (χ2n) is 27.3. The molecule has 0 aromatic rings. The molecule has 0 aliphatic carbocycles. The van der Waals surface area contributed by atoms with Crippen LogP contribution in [0.25, 0.3) is 0 Å². The van der Waals surface area contributed by atoms with Gasteiger partial charge in [-0.1, -0.05) is 324 Å². The van der Waals surface area contributed by atoms with Gasteiger partial charge in [-0.3, -0.25) is 37.3 Å². The molecule has 0 radical (unpaired) electrons. The number of hydrogen-bond donors (Lipinski definition) is 3. The lowest BCUT2D eigenvalue weighted by Gasteiger charge is -2.21. The minimum atomic E-state index is -4.95. The van der Waals surface area contributed by atoms with Crippen LogP contribution in [0, 0.1) is 11.8 Å². The molecule has 0 heterocycles. The van der Waals surface area contributed by atoms with Gasteiger partial charge in [0.05, 0.1) is 26.4 Å². The van der Waals surface area contributed by atoms with E-state index in [-0.39, 0.29) is 25.7 Å². The lowest BCUT2D eigenvalue weighted by molar-refractivity contribution is -0.161. The highest BCUT2D eigenvalue weighted by Crippen LogP contribution is 2.45. The number of unbranched alkanes of at least 4 members (excludes halogenated alkanes) is 42. The maximum Gasteiger partial charge on any atom is 0.472 e. The smallest absolute Gasteiger partial charge is 0.462 e. The zero-order chi connectivity index (χ0) is 67.9. The highest BCUT2D eigenvalue weighted by atomic mass is 31.2. The maximum absolute atomic E-state index is 13.0. The number of aliphatic hydroxyl groups excluding tert-OH is 1. The highest BCUT2D eigenvalue weighted by molar-refractivity contribution is 7.47. The molecule has 0 saturated carbocycles. The molecule has 17 nitrogen and oxygen atoms in total. The minimum absolute atomic E-state index is 0.105. The summed E-state index contributed by atoms with van der Waals surface area (Å²) >= 11 is 0. The molecule has 0 aromatic heterocycles. The number of ether oxygens (including phenoxy) is 4. The van der Waals surface area contributed by atoms with Crippen LogP contribution in [0.2, 0.25) is 0 Å². The van der Waals surface area contributed by atoms with Crippen molar-refractivity contribution in [2.24, 2.45) is 11.8 Å². The molecule has 19 heteroatoms. The second-order valence-corrected chi connectivity index (χ2v) is 30.2. The molecular weight excluding hydrogens is 1210 g/mol. The van der Waals surface area contributed by atoms with Crippen LogP contribution in [0.5, 0.6) is 0 Å². The van der Waals surface area contributed by atoms with Gasteiger partial charge in [-0.25, -0.2) is 9.13 Å². The monoisotopic (exact) mass is 1350 g/mol. The van der Waals surface area contributed by atoms with E-state index in [0.29, 0.717) is 25.7 Å². The minimum Gasteiger partial charge on any atom is -0.462 e. The first kappa shape index (κ1) is 90.1. The Morgan fingerprint density at radius 1 is 0.293 bits per heavy atom. The lowest BCUT2D eigenvalue weighted by atomic mass is 10.0. The van der Waals surface area contributed by atoms with Crippen molar-refractivity contribution < 1.29 is 80.2 Å². The Kier molecular flexibility index (Phi) is 63.7. The van der Waals surface area contributed by atoms with Crippen LogP contribution < -0.4 is 0 Å². The number of phosphoric ester groups is 2. The summed E-state index contributed by atoms with van der Waals surface area (Å²) in [6.45, 7) is 9.51.